The van der Waals surface area contributed by atoms with Crippen LogP contribution in [0.15, 0.2) is 18.2 Å². The van der Waals surface area contributed by atoms with Crippen LogP contribution in [-0.4, -0.2) is 30.9 Å². The van der Waals surface area contributed by atoms with Gasteiger partial charge in [-0.1, -0.05) is 32.4 Å². The molecule has 2 amide bonds. The number of amides is 2. The molecule has 1 aromatic rings. The number of hydrogen-bond donors (Lipinski definition) is 3. The molecular formula is C17H25Cl2N3O2. The van der Waals surface area contributed by atoms with Crippen molar-refractivity contribution in [3.63, 3.8) is 0 Å². The first-order valence-electron chi connectivity index (χ1n) is 8.00. The van der Waals surface area contributed by atoms with Gasteiger partial charge in [0.1, 0.15) is 0 Å². The van der Waals surface area contributed by atoms with Crippen molar-refractivity contribution in [2.24, 2.45) is 11.8 Å². The quantitative estimate of drug-likeness (QED) is 0.759. The summed E-state index contributed by atoms with van der Waals surface area (Å²) < 4.78 is 0. The SMILES string of the molecule is CC(C)C(=O)Nc1ccc(Cl)c(C(=O)NC2CNCCC2C)c1.Cl. The summed E-state index contributed by atoms with van der Waals surface area (Å²) in [4.78, 5) is 24.3. The lowest BCUT2D eigenvalue weighted by Crippen LogP contribution is -2.50. The van der Waals surface area contributed by atoms with E-state index in [4.69, 9.17) is 11.6 Å². The van der Waals surface area contributed by atoms with E-state index in [-0.39, 0.29) is 36.2 Å². The Bertz CT molecular complexity index is 593. The van der Waals surface area contributed by atoms with Crippen molar-refractivity contribution in [1.29, 1.82) is 0 Å². The van der Waals surface area contributed by atoms with E-state index in [2.05, 4.69) is 22.9 Å². The fourth-order valence-corrected chi connectivity index (χ4v) is 2.70. The molecule has 2 unspecified atom stereocenters. The number of hydrogen-bond acceptors (Lipinski definition) is 3. The third-order valence-corrected chi connectivity index (χ3v) is 4.48. The van der Waals surface area contributed by atoms with Gasteiger partial charge in [0, 0.05) is 24.2 Å². The van der Waals surface area contributed by atoms with Crippen LogP contribution in [0.4, 0.5) is 5.69 Å². The molecule has 5 nitrogen and oxygen atoms in total. The standard InChI is InChI=1S/C17H24ClN3O2.ClH/c1-10(2)16(22)20-12-4-5-14(18)13(8-12)17(23)21-15-9-19-7-6-11(15)3;/h4-5,8,10-11,15,19H,6-7,9H2,1-3H3,(H,20,22)(H,21,23);1H. The maximum absolute atomic E-state index is 12.5. The fraction of sp³-hybridized carbons (Fsp3) is 0.529. The summed E-state index contributed by atoms with van der Waals surface area (Å²) in [6, 6.07) is 5.04. The van der Waals surface area contributed by atoms with Gasteiger partial charge in [-0.05, 0) is 37.1 Å². The van der Waals surface area contributed by atoms with Crippen molar-refractivity contribution >= 4 is 41.5 Å². The minimum Gasteiger partial charge on any atom is -0.348 e. The van der Waals surface area contributed by atoms with Gasteiger partial charge in [0.25, 0.3) is 5.91 Å². The van der Waals surface area contributed by atoms with Crippen LogP contribution in [0.25, 0.3) is 0 Å². The normalized spacial score (nSPS) is 20.2. The molecule has 1 fully saturated rings. The Morgan fingerprint density at radius 2 is 2.04 bits per heavy atom. The molecule has 1 aliphatic rings. The number of carbonyl (C=O) groups is 2. The van der Waals surface area contributed by atoms with Crippen LogP contribution in [0.5, 0.6) is 0 Å². The van der Waals surface area contributed by atoms with Crippen LogP contribution >= 0.6 is 24.0 Å². The van der Waals surface area contributed by atoms with E-state index < -0.39 is 0 Å². The third kappa shape index (κ3) is 5.36. The van der Waals surface area contributed by atoms with Crippen LogP contribution in [0, 0.1) is 11.8 Å². The van der Waals surface area contributed by atoms with E-state index in [0.717, 1.165) is 19.5 Å². The highest BCUT2D eigenvalue weighted by molar-refractivity contribution is 6.34. The van der Waals surface area contributed by atoms with Crippen LogP contribution in [0.2, 0.25) is 5.02 Å². The van der Waals surface area contributed by atoms with Crippen LogP contribution in [0.1, 0.15) is 37.6 Å². The summed E-state index contributed by atoms with van der Waals surface area (Å²) in [6.45, 7) is 7.50. The molecule has 0 aromatic heterocycles. The lowest BCUT2D eigenvalue weighted by atomic mass is 9.94. The summed E-state index contributed by atoms with van der Waals surface area (Å²) in [5, 5.41) is 9.48. The molecule has 0 radical (unpaired) electrons. The van der Waals surface area contributed by atoms with E-state index >= 15 is 0 Å². The van der Waals surface area contributed by atoms with Crippen molar-refractivity contribution < 1.29 is 9.59 Å². The molecule has 1 saturated heterocycles. The van der Waals surface area contributed by atoms with Gasteiger partial charge in [-0.3, -0.25) is 9.59 Å². The first-order chi connectivity index (χ1) is 10.9. The Morgan fingerprint density at radius 1 is 1.33 bits per heavy atom. The molecule has 0 aliphatic carbocycles. The molecule has 0 spiro atoms. The summed E-state index contributed by atoms with van der Waals surface area (Å²) >= 11 is 6.16. The zero-order chi connectivity index (χ0) is 17.0. The summed E-state index contributed by atoms with van der Waals surface area (Å²) in [5.74, 6) is -0.0140. The van der Waals surface area contributed by atoms with E-state index in [0.29, 0.717) is 22.2 Å². The van der Waals surface area contributed by atoms with E-state index in [1.807, 2.05) is 13.8 Å². The zero-order valence-electron chi connectivity index (χ0n) is 14.2. The zero-order valence-corrected chi connectivity index (χ0v) is 15.8. The second-order valence-corrected chi connectivity index (χ2v) is 6.80. The highest BCUT2D eigenvalue weighted by atomic mass is 35.5. The van der Waals surface area contributed by atoms with Crippen molar-refractivity contribution in [1.82, 2.24) is 10.6 Å². The third-order valence-electron chi connectivity index (χ3n) is 4.15. The summed E-state index contributed by atoms with van der Waals surface area (Å²) in [7, 11) is 0. The molecule has 1 heterocycles. The first kappa shape index (κ1) is 20.7. The molecular weight excluding hydrogens is 349 g/mol. The largest absolute Gasteiger partial charge is 0.348 e. The topological polar surface area (TPSA) is 70.2 Å². The first-order valence-corrected chi connectivity index (χ1v) is 8.38. The van der Waals surface area contributed by atoms with Crippen molar-refractivity contribution in [2.45, 2.75) is 33.2 Å². The molecule has 134 valence electrons. The maximum Gasteiger partial charge on any atom is 0.253 e. The fourth-order valence-electron chi connectivity index (χ4n) is 2.49. The van der Waals surface area contributed by atoms with Crippen LogP contribution < -0.4 is 16.0 Å². The highest BCUT2D eigenvalue weighted by Gasteiger charge is 2.24. The molecule has 1 aliphatic heterocycles. The lowest BCUT2D eigenvalue weighted by molar-refractivity contribution is -0.118. The number of anilines is 1. The van der Waals surface area contributed by atoms with E-state index in [9.17, 15) is 9.59 Å². The molecule has 0 bridgehead atoms. The molecule has 0 saturated carbocycles. The number of nitrogens with one attached hydrogen (secondary N) is 3. The molecule has 2 atom stereocenters. The van der Waals surface area contributed by atoms with Crippen LogP contribution in [0.3, 0.4) is 0 Å². The summed E-state index contributed by atoms with van der Waals surface area (Å²) in [6.07, 6.45) is 1.03. The molecule has 24 heavy (non-hydrogen) atoms. The Hall–Kier alpha value is -1.30. The number of benzene rings is 1. The smallest absolute Gasteiger partial charge is 0.253 e. The van der Waals surface area contributed by atoms with Gasteiger partial charge < -0.3 is 16.0 Å². The Kier molecular flexibility index (Phi) is 8.00. The molecule has 3 N–H and O–H groups in total. The van der Waals surface area contributed by atoms with Gasteiger partial charge in [-0.2, -0.15) is 0 Å². The Balaban J connectivity index is 0.00000288. The van der Waals surface area contributed by atoms with E-state index in [1.54, 1.807) is 18.2 Å². The van der Waals surface area contributed by atoms with Gasteiger partial charge in [-0.25, -0.2) is 0 Å². The predicted molar refractivity (Wildman–Crippen MR) is 100 cm³/mol. The van der Waals surface area contributed by atoms with Gasteiger partial charge in [0.15, 0.2) is 0 Å². The molecule has 7 heteroatoms. The number of carbonyl (C=O) groups excluding carboxylic acids is 2. The highest BCUT2D eigenvalue weighted by Crippen LogP contribution is 2.22. The minimum atomic E-state index is -0.212. The second kappa shape index (κ2) is 9.25. The minimum absolute atomic E-state index is 0. The van der Waals surface area contributed by atoms with E-state index in [1.165, 1.54) is 0 Å². The molecule has 1 aromatic carbocycles. The molecule has 2 rings (SSSR count). The van der Waals surface area contributed by atoms with Gasteiger partial charge in [-0.15, -0.1) is 12.4 Å². The van der Waals surface area contributed by atoms with Crippen LogP contribution in [-0.2, 0) is 4.79 Å². The predicted octanol–water partition coefficient (Wildman–Crippen LogP) is 3.08. The number of piperidine rings is 1. The number of rotatable bonds is 4. The maximum atomic E-state index is 12.5. The Morgan fingerprint density at radius 3 is 2.67 bits per heavy atom. The van der Waals surface area contributed by atoms with Gasteiger partial charge in [0.2, 0.25) is 5.91 Å². The monoisotopic (exact) mass is 373 g/mol. The van der Waals surface area contributed by atoms with Gasteiger partial charge in [0.05, 0.1) is 10.6 Å². The summed E-state index contributed by atoms with van der Waals surface area (Å²) in [5.41, 5.74) is 0.957. The van der Waals surface area contributed by atoms with Crippen molar-refractivity contribution in [3.8, 4) is 0 Å². The number of halogens is 2. The van der Waals surface area contributed by atoms with Gasteiger partial charge >= 0.3 is 0 Å². The average molecular weight is 374 g/mol. The van der Waals surface area contributed by atoms with Crippen molar-refractivity contribution in [2.75, 3.05) is 18.4 Å². The lowest BCUT2D eigenvalue weighted by Gasteiger charge is -2.30. The van der Waals surface area contributed by atoms with Crippen molar-refractivity contribution in [3.05, 3.63) is 28.8 Å². The second-order valence-electron chi connectivity index (χ2n) is 6.39. The average Bonchev–Trinajstić information content (AvgIpc) is 2.51. The Labute approximate surface area is 154 Å².